The van der Waals surface area contributed by atoms with Gasteiger partial charge >= 0.3 is 0 Å². The van der Waals surface area contributed by atoms with Crippen LogP contribution in [-0.4, -0.2) is 19.7 Å². The molecule has 0 saturated carbocycles. The zero-order valence-electron chi connectivity index (χ0n) is 8.75. The molecule has 78 valence electrons. The molecule has 2 rings (SSSR count). The third kappa shape index (κ3) is 1.81. The van der Waals surface area contributed by atoms with Crippen molar-refractivity contribution < 1.29 is 0 Å². The van der Waals surface area contributed by atoms with Crippen molar-refractivity contribution in [3.63, 3.8) is 0 Å². The van der Waals surface area contributed by atoms with Crippen molar-refractivity contribution in [2.24, 2.45) is 0 Å². The van der Waals surface area contributed by atoms with Gasteiger partial charge in [-0.05, 0) is 26.0 Å². The van der Waals surface area contributed by atoms with Crippen molar-refractivity contribution in [2.45, 2.75) is 19.9 Å². The summed E-state index contributed by atoms with van der Waals surface area (Å²) in [6.45, 7) is 4.14. The predicted molar refractivity (Wildman–Crippen MR) is 58.1 cm³/mol. The maximum atomic E-state index is 5.62. The number of nitrogen functional groups attached to an aromatic ring is 1. The highest BCUT2D eigenvalue weighted by Crippen LogP contribution is 2.18. The van der Waals surface area contributed by atoms with Crippen molar-refractivity contribution in [3.05, 3.63) is 24.5 Å². The van der Waals surface area contributed by atoms with Gasteiger partial charge in [0.15, 0.2) is 5.82 Å². The van der Waals surface area contributed by atoms with Crippen LogP contribution < -0.4 is 5.73 Å². The molecular weight excluding hydrogens is 190 g/mol. The van der Waals surface area contributed by atoms with Crippen LogP contribution in [0.25, 0.3) is 11.5 Å². The fourth-order valence-corrected chi connectivity index (χ4v) is 1.38. The minimum absolute atomic E-state index is 0.304. The van der Waals surface area contributed by atoms with Crippen LogP contribution in [0.3, 0.4) is 0 Å². The van der Waals surface area contributed by atoms with Gasteiger partial charge in [-0.15, -0.1) is 10.2 Å². The molecule has 2 aromatic heterocycles. The van der Waals surface area contributed by atoms with E-state index in [2.05, 4.69) is 29.0 Å². The Morgan fingerprint density at radius 2 is 2.13 bits per heavy atom. The molecule has 0 aliphatic heterocycles. The van der Waals surface area contributed by atoms with E-state index in [1.165, 1.54) is 0 Å². The smallest absolute Gasteiger partial charge is 0.182 e. The SMILES string of the molecule is CC(C)n1cnnc1-c1cccc(N)n1. The highest BCUT2D eigenvalue weighted by Gasteiger charge is 2.10. The molecule has 5 nitrogen and oxygen atoms in total. The van der Waals surface area contributed by atoms with E-state index in [9.17, 15) is 0 Å². The molecule has 0 spiro atoms. The fourth-order valence-electron chi connectivity index (χ4n) is 1.38. The van der Waals surface area contributed by atoms with Crippen molar-refractivity contribution >= 4 is 5.82 Å². The zero-order valence-corrected chi connectivity index (χ0v) is 8.75. The van der Waals surface area contributed by atoms with Gasteiger partial charge < -0.3 is 10.3 Å². The Labute approximate surface area is 88.0 Å². The number of hydrogen-bond acceptors (Lipinski definition) is 4. The summed E-state index contributed by atoms with van der Waals surface area (Å²) in [6.07, 6.45) is 1.70. The van der Waals surface area contributed by atoms with Gasteiger partial charge in [0.2, 0.25) is 0 Å². The van der Waals surface area contributed by atoms with E-state index in [0.29, 0.717) is 11.9 Å². The van der Waals surface area contributed by atoms with Crippen molar-refractivity contribution in [2.75, 3.05) is 5.73 Å². The number of nitrogens with zero attached hydrogens (tertiary/aromatic N) is 4. The Bertz CT molecular complexity index is 460. The van der Waals surface area contributed by atoms with Crippen LogP contribution in [0.1, 0.15) is 19.9 Å². The molecular formula is C10H13N5. The van der Waals surface area contributed by atoms with Gasteiger partial charge in [-0.1, -0.05) is 6.07 Å². The Morgan fingerprint density at radius 3 is 2.80 bits per heavy atom. The summed E-state index contributed by atoms with van der Waals surface area (Å²) in [5, 5.41) is 7.93. The van der Waals surface area contributed by atoms with E-state index in [-0.39, 0.29) is 0 Å². The Morgan fingerprint density at radius 1 is 1.33 bits per heavy atom. The lowest BCUT2D eigenvalue weighted by molar-refractivity contribution is 0.603. The standard InChI is InChI=1S/C10H13N5/c1-7(2)15-6-12-14-10(15)8-4-3-5-9(11)13-8/h3-7H,1-2H3,(H2,11,13). The Balaban J connectivity index is 2.49. The molecule has 2 heterocycles. The summed E-state index contributed by atoms with van der Waals surface area (Å²) in [6, 6.07) is 5.79. The van der Waals surface area contributed by atoms with Crippen LogP contribution in [0.5, 0.6) is 0 Å². The van der Waals surface area contributed by atoms with Gasteiger partial charge in [-0.2, -0.15) is 0 Å². The maximum absolute atomic E-state index is 5.62. The Kier molecular flexibility index (Phi) is 2.37. The number of hydrogen-bond donors (Lipinski definition) is 1. The summed E-state index contributed by atoms with van der Waals surface area (Å²) >= 11 is 0. The molecule has 0 radical (unpaired) electrons. The number of aromatic nitrogens is 4. The van der Waals surface area contributed by atoms with Gasteiger partial charge in [0.25, 0.3) is 0 Å². The lowest BCUT2D eigenvalue weighted by atomic mass is 10.3. The number of pyridine rings is 1. The van der Waals surface area contributed by atoms with Gasteiger partial charge in [0.05, 0.1) is 0 Å². The van der Waals surface area contributed by atoms with Crippen LogP contribution in [0.15, 0.2) is 24.5 Å². The first-order chi connectivity index (χ1) is 7.18. The van der Waals surface area contributed by atoms with Crippen molar-refractivity contribution in [1.29, 1.82) is 0 Å². The molecule has 0 atom stereocenters. The normalized spacial score (nSPS) is 10.9. The summed E-state index contributed by atoms with van der Waals surface area (Å²) in [5.41, 5.74) is 6.37. The van der Waals surface area contributed by atoms with Crippen LogP contribution in [-0.2, 0) is 0 Å². The summed E-state index contributed by atoms with van der Waals surface area (Å²) in [5.74, 6) is 1.24. The molecule has 2 aromatic rings. The third-order valence-electron chi connectivity index (χ3n) is 2.13. The second kappa shape index (κ2) is 3.68. The molecule has 0 amide bonds. The molecule has 0 unspecified atom stereocenters. The molecule has 15 heavy (non-hydrogen) atoms. The van der Waals surface area contributed by atoms with Crippen LogP contribution >= 0.6 is 0 Å². The largest absolute Gasteiger partial charge is 0.384 e. The predicted octanol–water partition coefficient (Wildman–Crippen LogP) is 1.50. The minimum atomic E-state index is 0.304. The van der Waals surface area contributed by atoms with E-state index < -0.39 is 0 Å². The molecule has 0 aliphatic carbocycles. The van der Waals surface area contributed by atoms with E-state index in [1.807, 2.05) is 16.7 Å². The maximum Gasteiger partial charge on any atom is 0.182 e. The molecule has 0 saturated heterocycles. The van der Waals surface area contributed by atoms with Crippen LogP contribution in [0.2, 0.25) is 0 Å². The zero-order chi connectivity index (χ0) is 10.8. The molecule has 2 N–H and O–H groups in total. The van der Waals surface area contributed by atoms with Crippen molar-refractivity contribution in [3.8, 4) is 11.5 Å². The third-order valence-corrected chi connectivity index (χ3v) is 2.13. The average Bonchev–Trinajstić information content (AvgIpc) is 2.65. The van der Waals surface area contributed by atoms with Crippen LogP contribution in [0.4, 0.5) is 5.82 Å². The number of rotatable bonds is 2. The highest BCUT2D eigenvalue weighted by atomic mass is 15.3. The molecule has 5 heteroatoms. The van der Waals surface area contributed by atoms with Crippen molar-refractivity contribution in [1.82, 2.24) is 19.7 Å². The highest BCUT2D eigenvalue weighted by molar-refractivity contribution is 5.52. The van der Waals surface area contributed by atoms with Gasteiger partial charge in [0, 0.05) is 6.04 Å². The molecule has 0 aliphatic rings. The van der Waals surface area contributed by atoms with E-state index in [4.69, 9.17) is 5.73 Å². The second-order valence-corrected chi connectivity index (χ2v) is 3.60. The Hall–Kier alpha value is -1.91. The quantitative estimate of drug-likeness (QED) is 0.803. The van der Waals surface area contributed by atoms with Gasteiger partial charge in [0.1, 0.15) is 17.8 Å². The lowest BCUT2D eigenvalue weighted by Gasteiger charge is -2.09. The first kappa shape index (κ1) is 9.64. The van der Waals surface area contributed by atoms with Gasteiger partial charge in [-0.3, -0.25) is 0 Å². The molecule has 0 bridgehead atoms. The topological polar surface area (TPSA) is 69.6 Å². The van der Waals surface area contributed by atoms with E-state index in [1.54, 1.807) is 12.4 Å². The van der Waals surface area contributed by atoms with Gasteiger partial charge in [-0.25, -0.2) is 4.98 Å². The first-order valence-electron chi connectivity index (χ1n) is 4.81. The summed E-state index contributed by atoms with van der Waals surface area (Å²) < 4.78 is 1.96. The first-order valence-corrected chi connectivity index (χ1v) is 4.81. The van der Waals surface area contributed by atoms with E-state index in [0.717, 1.165) is 11.5 Å². The lowest BCUT2D eigenvalue weighted by Crippen LogP contribution is -2.03. The monoisotopic (exact) mass is 203 g/mol. The second-order valence-electron chi connectivity index (χ2n) is 3.60. The summed E-state index contributed by atoms with van der Waals surface area (Å²) in [4.78, 5) is 4.21. The number of anilines is 1. The van der Waals surface area contributed by atoms with Crippen LogP contribution in [0, 0.1) is 0 Å². The average molecular weight is 203 g/mol. The molecule has 0 fully saturated rings. The minimum Gasteiger partial charge on any atom is -0.384 e. The molecule has 0 aromatic carbocycles. The van der Waals surface area contributed by atoms with E-state index >= 15 is 0 Å². The number of nitrogens with two attached hydrogens (primary N) is 1. The fraction of sp³-hybridized carbons (Fsp3) is 0.300. The summed E-state index contributed by atoms with van der Waals surface area (Å²) in [7, 11) is 0.